The Balaban J connectivity index is 1.45. The van der Waals surface area contributed by atoms with E-state index in [0.29, 0.717) is 41.8 Å². The van der Waals surface area contributed by atoms with Crippen molar-refractivity contribution in [2.24, 2.45) is 0 Å². The minimum absolute atomic E-state index is 0.0388. The molecule has 0 aromatic heterocycles. The lowest BCUT2D eigenvalue weighted by atomic mass is 10.2. The van der Waals surface area contributed by atoms with Crippen molar-refractivity contribution in [1.29, 1.82) is 0 Å². The van der Waals surface area contributed by atoms with Crippen LogP contribution in [-0.4, -0.2) is 37.6 Å². The second kappa shape index (κ2) is 6.88. The summed E-state index contributed by atoms with van der Waals surface area (Å²) in [4.78, 5) is 26.4. The van der Waals surface area contributed by atoms with E-state index in [1.54, 1.807) is 41.3 Å². The molecule has 4 rings (SSSR count). The molecule has 2 aliphatic rings. The number of nitrogens with zero attached hydrogens (tertiary/aromatic N) is 1. The number of carbonyl (C=O) groups is 2. The first-order chi connectivity index (χ1) is 12.6. The predicted octanol–water partition coefficient (Wildman–Crippen LogP) is 2.65. The maximum atomic E-state index is 12.4. The number of amides is 2. The van der Waals surface area contributed by atoms with Crippen LogP contribution < -0.4 is 19.7 Å². The zero-order valence-electron chi connectivity index (χ0n) is 13.9. The molecule has 0 unspecified atom stereocenters. The van der Waals surface area contributed by atoms with Crippen molar-refractivity contribution in [2.45, 2.75) is 12.5 Å². The van der Waals surface area contributed by atoms with Crippen molar-refractivity contribution in [2.75, 3.05) is 24.7 Å². The van der Waals surface area contributed by atoms with Crippen LogP contribution in [-0.2, 0) is 4.79 Å². The minimum atomic E-state index is -0.251. The summed E-state index contributed by atoms with van der Waals surface area (Å²) in [6.45, 7) is 1.43. The molecule has 1 N–H and O–H groups in total. The first kappa shape index (κ1) is 16.7. The molecule has 2 amide bonds. The van der Waals surface area contributed by atoms with Gasteiger partial charge in [0.1, 0.15) is 13.2 Å². The summed E-state index contributed by atoms with van der Waals surface area (Å²) in [6, 6.07) is 11.8. The molecular formula is C19H17ClN2O4. The Kier molecular flexibility index (Phi) is 4.42. The summed E-state index contributed by atoms with van der Waals surface area (Å²) in [7, 11) is 0. The lowest BCUT2D eigenvalue weighted by molar-refractivity contribution is -0.117. The smallest absolute Gasteiger partial charge is 0.251 e. The Morgan fingerprint density at radius 2 is 1.81 bits per heavy atom. The minimum Gasteiger partial charge on any atom is -0.486 e. The van der Waals surface area contributed by atoms with Crippen molar-refractivity contribution < 1.29 is 19.1 Å². The molecule has 134 valence electrons. The third kappa shape index (κ3) is 3.32. The first-order valence-electron chi connectivity index (χ1n) is 8.36. The van der Waals surface area contributed by atoms with Crippen LogP contribution in [0.25, 0.3) is 0 Å². The summed E-state index contributed by atoms with van der Waals surface area (Å²) in [5.41, 5.74) is 1.25. The molecule has 7 heteroatoms. The van der Waals surface area contributed by atoms with E-state index in [1.807, 2.05) is 6.07 Å². The Morgan fingerprint density at radius 3 is 2.58 bits per heavy atom. The molecule has 0 bridgehead atoms. The average Bonchev–Trinajstić information content (AvgIpc) is 3.02. The zero-order chi connectivity index (χ0) is 18.1. The number of halogens is 1. The van der Waals surface area contributed by atoms with Crippen molar-refractivity contribution >= 4 is 29.1 Å². The van der Waals surface area contributed by atoms with E-state index >= 15 is 0 Å². The second-order valence-corrected chi connectivity index (χ2v) is 6.65. The van der Waals surface area contributed by atoms with Crippen LogP contribution in [0.15, 0.2) is 42.5 Å². The van der Waals surface area contributed by atoms with Crippen LogP contribution in [0.4, 0.5) is 5.69 Å². The topological polar surface area (TPSA) is 67.9 Å². The van der Waals surface area contributed by atoms with Gasteiger partial charge in [0.05, 0.1) is 6.04 Å². The summed E-state index contributed by atoms with van der Waals surface area (Å²) < 4.78 is 11.1. The maximum absolute atomic E-state index is 12.4. The molecule has 1 atom stereocenters. The van der Waals surface area contributed by atoms with E-state index in [-0.39, 0.29) is 24.3 Å². The molecule has 1 fully saturated rings. The largest absolute Gasteiger partial charge is 0.486 e. The van der Waals surface area contributed by atoms with Gasteiger partial charge in [-0.2, -0.15) is 0 Å². The predicted molar refractivity (Wildman–Crippen MR) is 97.1 cm³/mol. The number of hydrogen-bond acceptors (Lipinski definition) is 4. The van der Waals surface area contributed by atoms with Crippen LogP contribution in [0.3, 0.4) is 0 Å². The fourth-order valence-corrected chi connectivity index (χ4v) is 3.25. The van der Waals surface area contributed by atoms with Gasteiger partial charge in [-0.05, 0) is 36.4 Å². The van der Waals surface area contributed by atoms with E-state index in [0.717, 1.165) is 5.69 Å². The molecule has 6 nitrogen and oxygen atoms in total. The second-order valence-electron chi connectivity index (χ2n) is 6.21. The van der Waals surface area contributed by atoms with Gasteiger partial charge >= 0.3 is 0 Å². The maximum Gasteiger partial charge on any atom is 0.251 e. The molecule has 2 heterocycles. The summed E-state index contributed by atoms with van der Waals surface area (Å²) in [6.07, 6.45) is 0.258. The van der Waals surface area contributed by atoms with Gasteiger partial charge < -0.3 is 19.7 Å². The van der Waals surface area contributed by atoms with E-state index in [2.05, 4.69) is 5.32 Å². The first-order valence-corrected chi connectivity index (χ1v) is 8.74. The van der Waals surface area contributed by atoms with Gasteiger partial charge in [0.25, 0.3) is 5.91 Å². The summed E-state index contributed by atoms with van der Waals surface area (Å²) >= 11 is 5.84. The number of ether oxygens (including phenoxy) is 2. The Bertz CT molecular complexity index is 853. The number of rotatable bonds is 3. The molecule has 2 aliphatic heterocycles. The number of nitrogens with one attached hydrogen (secondary N) is 1. The Hall–Kier alpha value is -2.73. The highest BCUT2D eigenvalue weighted by atomic mass is 35.5. The average molecular weight is 373 g/mol. The van der Waals surface area contributed by atoms with Gasteiger partial charge in [-0.1, -0.05) is 11.6 Å². The van der Waals surface area contributed by atoms with Crippen LogP contribution >= 0.6 is 11.6 Å². The number of carbonyl (C=O) groups excluding carboxylic acids is 2. The van der Waals surface area contributed by atoms with E-state index in [1.165, 1.54) is 0 Å². The number of hydrogen-bond donors (Lipinski definition) is 1. The highest BCUT2D eigenvalue weighted by molar-refractivity contribution is 6.30. The van der Waals surface area contributed by atoms with Crippen LogP contribution in [0.1, 0.15) is 16.8 Å². The SMILES string of the molecule is O=C(N[C@H]1CC(=O)N(c2ccc3c(c2)OCCO3)C1)c1ccc(Cl)cc1. The molecule has 1 saturated heterocycles. The fourth-order valence-electron chi connectivity index (χ4n) is 3.12. The van der Waals surface area contributed by atoms with Crippen LogP contribution in [0, 0.1) is 0 Å². The van der Waals surface area contributed by atoms with E-state index in [9.17, 15) is 9.59 Å². The molecule has 0 radical (unpaired) electrons. The third-order valence-electron chi connectivity index (χ3n) is 4.40. The summed E-state index contributed by atoms with van der Waals surface area (Å²) in [5.74, 6) is 1.06. The van der Waals surface area contributed by atoms with Crippen molar-refractivity contribution in [3.63, 3.8) is 0 Å². The van der Waals surface area contributed by atoms with Crippen molar-refractivity contribution in [1.82, 2.24) is 5.32 Å². The highest BCUT2D eigenvalue weighted by Gasteiger charge is 2.32. The van der Waals surface area contributed by atoms with Crippen molar-refractivity contribution in [3.8, 4) is 11.5 Å². The molecule has 26 heavy (non-hydrogen) atoms. The molecule has 0 saturated carbocycles. The quantitative estimate of drug-likeness (QED) is 0.899. The van der Waals surface area contributed by atoms with Gasteiger partial charge in [-0.3, -0.25) is 9.59 Å². The molecule has 2 aromatic rings. The van der Waals surface area contributed by atoms with Crippen molar-refractivity contribution in [3.05, 3.63) is 53.1 Å². The van der Waals surface area contributed by atoms with E-state index < -0.39 is 0 Å². The van der Waals surface area contributed by atoms with Gasteiger partial charge in [-0.25, -0.2) is 0 Å². The van der Waals surface area contributed by atoms with Crippen LogP contribution in [0.2, 0.25) is 5.02 Å². The third-order valence-corrected chi connectivity index (χ3v) is 4.66. The highest BCUT2D eigenvalue weighted by Crippen LogP contribution is 2.35. The lowest BCUT2D eigenvalue weighted by Gasteiger charge is -2.22. The standard InChI is InChI=1S/C19H17ClN2O4/c20-13-3-1-12(2-4-13)19(24)21-14-9-18(23)22(11-14)15-5-6-16-17(10-15)26-8-7-25-16/h1-6,10,14H,7-9,11H2,(H,21,24)/t14-/m0/s1. The monoisotopic (exact) mass is 372 g/mol. The molecular weight excluding hydrogens is 356 g/mol. The molecule has 0 aliphatic carbocycles. The van der Waals surface area contributed by atoms with Gasteiger partial charge in [0.2, 0.25) is 5.91 Å². The van der Waals surface area contributed by atoms with Gasteiger partial charge in [0.15, 0.2) is 11.5 Å². The molecule has 0 spiro atoms. The Morgan fingerprint density at radius 1 is 1.08 bits per heavy atom. The Labute approximate surface area is 155 Å². The lowest BCUT2D eigenvalue weighted by Crippen LogP contribution is -2.37. The number of fused-ring (bicyclic) bond motifs is 1. The molecule has 2 aromatic carbocycles. The number of anilines is 1. The summed E-state index contributed by atoms with van der Waals surface area (Å²) in [5, 5.41) is 3.48. The van der Waals surface area contributed by atoms with Gasteiger partial charge in [-0.15, -0.1) is 0 Å². The van der Waals surface area contributed by atoms with Crippen LogP contribution in [0.5, 0.6) is 11.5 Å². The van der Waals surface area contributed by atoms with E-state index in [4.69, 9.17) is 21.1 Å². The van der Waals surface area contributed by atoms with Gasteiger partial charge in [0, 0.05) is 35.3 Å². The zero-order valence-corrected chi connectivity index (χ0v) is 14.7. The fraction of sp³-hybridized carbons (Fsp3) is 0.263. The number of benzene rings is 2. The normalized spacial score (nSPS) is 18.7.